The summed E-state index contributed by atoms with van der Waals surface area (Å²) in [5.74, 6) is 1.07. The predicted octanol–water partition coefficient (Wildman–Crippen LogP) is 5.75. The van der Waals surface area contributed by atoms with Crippen LogP contribution in [0, 0.1) is 11.8 Å². The summed E-state index contributed by atoms with van der Waals surface area (Å²) in [4.78, 5) is 17.6. The second kappa shape index (κ2) is 11.7. The molecule has 2 aliphatic rings. The van der Waals surface area contributed by atoms with Crippen molar-refractivity contribution >= 4 is 29.1 Å². The van der Waals surface area contributed by atoms with Crippen LogP contribution in [0.3, 0.4) is 0 Å². The number of likely N-dealkylation sites (tertiary alicyclic amines) is 2. The van der Waals surface area contributed by atoms with Crippen molar-refractivity contribution in [1.82, 2.24) is 15.1 Å². The van der Waals surface area contributed by atoms with E-state index in [0.717, 1.165) is 56.1 Å². The first kappa shape index (κ1) is 24.5. The molecule has 4 rings (SSSR count). The number of nitrogens with one attached hydrogen (secondary N) is 1. The summed E-state index contributed by atoms with van der Waals surface area (Å²) in [7, 11) is 0. The minimum atomic E-state index is 0.0930. The van der Waals surface area contributed by atoms with Gasteiger partial charge in [-0.2, -0.15) is 0 Å². The van der Waals surface area contributed by atoms with Crippen LogP contribution in [-0.4, -0.2) is 41.9 Å². The van der Waals surface area contributed by atoms with E-state index < -0.39 is 0 Å². The number of halogens is 2. The molecule has 2 saturated heterocycles. The molecule has 0 aromatic heterocycles. The highest BCUT2D eigenvalue weighted by atomic mass is 35.5. The van der Waals surface area contributed by atoms with Crippen molar-refractivity contribution in [2.24, 2.45) is 11.8 Å². The summed E-state index contributed by atoms with van der Waals surface area (Å²) in [6.07, 6.45) is 4.44. The van der Waals surface area contributed by atoms with Crippen LogP contribution in [-0.2, 0) is 24.4 Å². The first-order chi connectivity index (χ1) is 16.0. The second-order valence-electron chi connectivity index (χ2n) is 9.82. The molecule has 4 nitrogen and oxygen atoms in total. The lowest BCUT2D eigenvalue weighted by Crippen LogP contribution is -2.40. The molecule has 2 aliphatic heterocycles. The summed E-state index contributed by atoms with van der Waals surface area (Å²) in [6, 6.07) is 14.5. The lowest BCUT2D eigenvalue weighted by atomic mass is 9.95. The summed E-state index contributed by atoms with van der Waals surface area (Å²) in [5, 5.41) is 4.33. The molecule has 0 saturated carbocycles. The molecule has 33 heavy (non-hydrogen) atoms. The van der Waals surface area contributed by atoms with Gasteiger partial charge in [0.05, 0.1) is 10.0 Å². The molecule has 0 aliphatic carbocycles. The Labute approximate surface area is 208 Å². The minimum absolute atomic E-state index is 0.0930. The van der Waals surface area contributed by atoms with Crippen LogP contribution >= 0.6 is 23.2 Å². The van der Waals surface area contributed by atoms with Crippen LogP contribution in [0.5, 0.6) is 0 Å². The largest absolute Gasteiger partial charge is 0.352 e. The average molecular weight is 489 g/mol. The van der Waals surface area contributed by atoms with Gasteiger partial charge in [-0.15, -0.1) is 0 Å². The molecule has 1 atom stereocenters. The van der Waals surface area contributed by atoms with E-state index in [0.29, 0.717) is 16.6 Å². The topological polar surface area (TPSA) is 35.6 Å². The zero-order valence-electron chi connectivity index (χ0n) is 19.5. The lowest BCUT2D eigenvalue weighted by molar-refractivity contribution is -0.126. The zero-order valence-corrected chi connectivity index (χ0v) is 21.0. The molecular weight excluding hydrogens is 453 g/mol. The fourth-order valence-electron chi connectivity index (χ4n) is 5.03. The van der Waals surface area contributed by atoms with Crippen molar-refractivity contribution in [3.63, 3.8) is 0 Å². The van der Waals surface area contributed by atoms with Gasteiger partial charge in [0.2, 0.25) is 5.91 Å². The molecule has 2 fully saturated rings. The fourth-order valence-corrected chi connectivity index (χ4v) is 5.35. The SMILES string of the molecule is CC1CCCN(Cc2ccc(CNC(=O)C3CCN(Cc4ccc(Cl)c(Cl)c4)CC3)cc2)C1. The Morgan fingerprint density at radius 2 is 1.55 bits per heavy atom. The Balaban J connectivity index is 1.18. The highest BCUT2D eigenvalue weighted by Crippen LogP contribution is 2.25. The van der Waals surface area contributed by atoms with Crippen molar-refractivity contribution in [2.45, 2.75) is 52.2 Å². The Hall–Kier alpha value is -1.59. The number of benzene rings is 2. The number of nitrogens with zero attached hydrogens (tertiary/aromatic N) is 2. The Bertz CT molecular complexity index is 925. The van der Waals surface area contributed by atoms with Gasteiger partial charge in [0.25, 0.3) is 0 Å². The molecule has 0 spiro atoms. The van der Waals surface area contributed by atoms with Crippen molar-refractivity contribution in [3.8, 4) is 0 Å². The summed E-state index contributed by atoms with van der Waals surface area (Å²) in [6.45, 7) is 9.05. The number of hydrogen-bond acceptors (Lipinski definition) is 3. The molecule has 0 radical (unpaired) electrons. The van der Waals surface area contributed by atoms with E-state index in [1.54, 1.807) is 0 Å². The first-order valence-corrected chi connectivity index (χ1v) is 13.0. The van der Waals surface area contributed by atoms with Crippen molar-refractivity contribution in [1.29, 1.82) is 0 Å². The third kappa shape index (κ3) is 7.19. The number of hydrogen-bond donors (Lipinski definition) is 1. The summed E-state index contributed by atoms with van der Waals surface area (Å²) >= 11 is 12.1. The average Bonchev–Trinajstić information content (AvgIpc) is 2.81. The van der Waals surface area contributed by atoms with Crippen molar-refractivity contribution in [3.05, 3.63) is 69.2 Å². The van der Waals surface area contributed by atoms with E-state index in [1.165, 1.54) is 31.5 Å². The van der Waals surface area contributed by atoms with Gasteiger partial charge in [-0.3, -0.25) is 14.6 Å². The molecule has 2 aromatic rings. The molecule has 1 amide bonds. The molecule has 2 aromatic carbocycles. The molecule has 1 N–H and O–H groups in total. The van der Waals surface area contributed by atoms with Crippen LogP contribution in [0.25, 0.3) is 0 Å². The summed E-state index contributed by atoms with van der Waals surface area (Å²) < 4.78 is 0. The van der Waals surface area contributed by atoms with E-state index in [2.05, 4.69) is 46.3 Å². The maximum Gasteiger partial charge on any atom is 0.223 e. The Morgan fingerprint density at radius 3 is 2.24 bits per heavy atom. The Kier molecular flexibility index (Phi) is 8.70. The fraction of sp³-hybridized carbons (Fsp3) is 0.519. The quantitative estimate of drug-likeness (QED) is 0.539. The van der Waals surface area contributed by atoms with Gasteiger partial charge >= 0.3 is 0 Å². The zero-order chi connectivity index (χ0) is 23.2. The number of carbonyl (C=O) groups excluding carboxylic acids is 1. The van der Waals surface area contributed by atoms with Crippen molar-refractivity contribution < 1.29 is 4.79 Å². The summed E-state index contributed by atoms with van der Waals surface area (Å²) in [5.41, 5.74) is 3.68. The third-order valence-electron chi connectivity index (χ3n) is 6.99. The van der Waals surface area contributed by atoms with Gasteiger partial charge in [-0.05, 0) is 80.1 Å². The van der Waals surface area contributed by atoms with E-state index >= 15 is 0 Å². The van der Waals surface area contributed by atoms with Crippen LogP contribution in [0.15, 0.2) is 42.5 Å². The number of rotatable bonds is 7. The van der Waals surface area contributed by atoms with Gasteiger partial charge in [0.1, 0.15) is 0 Å². The second-order valence-corrected chi connectivity index (χ2v) is 10.6. The smallest absolute Gasteiger partial charge is 0.223 e. The molecule has 6 heteroatoms. The van der Waals surface area contributed by atoms with Gasteiger partial charge < -0.3 is 5.32 Å². The van der Waals surface area contributed by atoms with Crippen LogP contribution in [0.1, 0.15) is 49.3 Å². The highest BCUT2D eigenvalue weighted by molar-refractivity contribution is 6.42. The molecule has 1 unspecified atom stereocenters. The standard InChI is InChI=1S/C27H35Cl2N3O/c1-20-3-2-12-32(17-20)18-22-6-4-21(5-7-22)16-30-27(33)24-10-13-31(14-11-24)19-23-8-9-25(28)26(29)15-23/h4-9,15,20,24H,2-3,10-14,16-19H2,1H3,(H,30,33). The van der Waals surface area contributed by atoms with Gasteiger partial charge in [-0.25, -0.2) is 0 Å². The normalized spacial score (nSPS) is 20.6. The van der Waals surface area contributed by atoms with Crippen LogP contribution in [0.4, 0.5) is 0 Å². The minimum Gasteiger partial charge on any atom is -0.352 e. The van der Waals surface area contributed by atoms with E-state index in [4.69, 9.17) is 23.2 Å². The van der Waals surface area contributed by atoms with Gasteiger partial charge in [0.15, 0.2) is 0 Å². The van der Waals surface area contributed by atoms with E-state index in [1.807, 2.05) is 18.2 Å². The molecule has 178 valence electrons. The molecular formula is C27H35Cl2N3O. The van der Waals surface area contributed by atoms with Crippen molar-refractivity contribution in [2.75, 3.05) is 26.2 Å². The number of piperidine rings is 2. The molecule has 2 heterocycles. The lowest BCUT2D eigenvalue weighted by Gasteiger charge is -2.31. The monoisotopic (exact) mass is 487 g/mol. The molecule has 0 bridgehead atoms. The van der Waals surface area contributed by atoms with Gasteiger partial charge in [0, 0.05) is 32.1 Å². The maximum atomic E-state index is 12.7. The van der Waals surface area contributed by atoms with Gasteiger partial charge in [-0.1, -0.05) is 60.5 Å². The van der Waals surface area contributed by atoms with E-state index in [-0.39, 0.29) is 11.8 Å². The Morgan fingerprint density at radius 1 is 0.879 bits per heavy atom. The third-order valence-corrected chi connectivity index (χ3v) is 7.72. The van der Waals surface area contributed by atoms with Crippen LogP contribution < -0.4 is 5.32 Å². The maximum absolute atomic E-state index is 12.7. The first-order valence-electron chi connectivity index (χ1n) is 12.2. The number of amides is 1. The van der Waals surface area contributed by atoms with Crippen LogP contribution in [0.2, 0.25) is 10.0 Å². The number of carbonyl (C=O) groups is 1. The predicted molar refractivity (Wildman–Crippen MR) is 136 cm³/mol. The highest BCUT2D eigenvalue weighted by Gasteiger charge is 2.25. The van der Waals surface area contributed by atoms with E-state index in [9.17, 15) is 4.79 Å².